The van der Waals surface area contributed by atoms with Crippen molar-refractivity contribution in [3.05, 3.63) is 95.5 Å². The fraction of sp³-hybridized carbons (Fsp3) is 0.130. The summed E-state index contributed by atoms with van der Waals surface area (Å²) in [5.74, 6) is -1.04. The normalized spacial score (nSPS) is 16.8. The van der Waals surface area contributed by atoms with Crippen LogP contribution in [-0.4, -0.2) is 30.6 Å². The van der Waals surface area contributed by atoms with E-state index in [9.17, 15) is 18.0 Å². The van der Waals surface area contributed by atoms with E-state index in [2.05, 4.69) is 0 Å². The number of benzene rings is 3. The van der Waals surface area contributed by atoms with E-state index in [0.717, 1.165) is 9.21 Å². The third kappa shape index (κ3) is 4.25. The van der Waals surface area contributed by atoms with Gasteiger partial charge in [-0.15, -0.1) is 0 Å². The highest BCUT2D eigenvalue weighted by molar-refractivity contribution is 7.89. The number of imide groups is 1. The van der Waals surface area contributed by atoms with E-state index in [1.54, 1.807) is 66.7 Å². The van der Waals surface area contributed by atoms with Gasteiger partial charge in [0.25, 0.3) is 5.91 Å². The first kappa shape index (κ1) is 21.2. The molecule has 0 spiro atoms. The number of carbonyl (C=O) groups excluding carboxylic acids is 2. The van der Waals surface area contributed by atoms with E-state index in [1.807, 2.05) is 6.07 Å². The van der Waals surface area contributed by atoms with Gasteiger partial charge in [0.05, 0.1) is 17.0 Å². The lowest BCUT2D eigenvalue weighted by molar-refractivity contribution is -0.122. The predicted octanol–water partition coefficient (Wildman–Crippen LogP) is 3.86. The van der Waals surface area contributed by atoms with E-state index in [4.69, 9.17) is 11.6 Å². The molecule has 6 nitrogen and oxygen atoms in total. The van der Waals surface area contributed by atoms with Crippen LogP contribution in [0.5, 0.6) is 0 Å². The SMILES string of the molecule is O=C1CC(N(Cc2ccccc2)S(=O)(=O)c2ccccc2)C(=O)N1c1ccc(Cl)cc1. The Bertz CT molecular complexity index is 1200. The first-order chi connectivity index (χ1) is 14.9. The van der Waals surface area contributed by atoms with Crippen molar-refractivity contribution in [2.45, 2.75) is 23.9 Å². The molecule has 1 atom stereocenters. The van der Waals surface area contributed by atoms with Gasteiger partial charge in [0.15, 0.2) is 0 Å². The summed E-state index contributed by atoms with van der Waals surface area (Å²) in [7, 11) is -4.04. The maximum absolute atomic E-state index is 13.5. The maximum atomic E-state index is 13.5. The monoisotopic (exact) mass is 454 g/mol. The number of amides is 2. The van der Waals surface area contributed by atoms with Crippen LogP contribution in [0.4, 0.5) is 5.69 Å². The van der Waals surface area contributed by atoms with Crippen molar-refractivity contribution in [1.82, 2.24) is 4.31 Å². The molecular weight excluding hydrogens is 436 g/mol. The number of halogens is 1. The molecule has 158 valence electrons. The Labute approximate surface area is 185 Å². The van der Waals surface area contributed by atoms with E-state index in [-0.39, 0.29) is 17.9 Å². The van der Waals surface area contributed by atoms with Crippen LogP contribution in [0.2, 0.25) is 5.02 Å². The lowest BCUT2D eigenvalue weighted by Crippen LogP contribution is -2.45. The predicted molar refractivity (Wildman–Crippen MR) is 118 cm³/mol. The molecule has 1 unspecified atom stereocenters. The zero-order valence-electron chi connectivity index (χ0n) is 16.4. The van der Waals surface area contributed by atoms with Crippen molar-refractivity contribution >= 4 is 39.1 Å². The number of anilines is 1. The van der Waals surface area contributed by atoms with Gasteiger partial charge < -0.3 is 0 Å². The summed E-state index contributed by atoms with van der Waals surface area (Å²) >= 11 is 5.91. The van der Waals surface area contributed by atoms with Gasteiger partial charge in [-0.2, -0.15) is 4.31 Å². The third-order valence-corrected chi connectivity index (χ3v) is 7.21. The second-order valence-corrected chi connectivity index (χ2v) is 9.44. The number of nitrogens with zero attached hydrogens (tertiary/aromatic N) is 2. The standard InChI is InChI=1S/C23H19ClN2O4S/c24-18-11-13-19(14-12-18)26-22(27)15-21(23(26)28)25(16-17-7-3-1-4-8-17)31(29,30)20-9-5-2-6-10-20/h1-14,21H,15-16H2. The molecule has 1 fully saturated rings. The minimum absolute atomic E-state index is 0.0315. The second kappa shape index (κ2) is 8.63. The van der Waals surface area contributed by atoms with E-state index in [0.29, 0.717) is 16.3 Å². The summed E-state index contributed by atoms with van der Waals surface area (Å²) in [5, 5.41) is 0.469. The Hall–Kier alpha value is -3.00. The molecular formula is C23H19ClN2O4S. The number of rotatable bonds is 6. The topological polar surface area (TPSA) is 74.8 Å². The summed E-state index contributed by atoms with van der Waals surface area (Å²) in [6.45, 7) is -0.0315. The van der Waals surface area contributed by atoms with Crippen molar-refractivity contribution < 1.29 is 18.0 Å². The molecule has 0 aliphatic carbocycles. The average Bonchev–Trinajstić information content (AvgIpc) is 3.07. The third-order valence-electron chi connectivity index (χ3n) is 5.09. The van der Waals surface area contributed by atoms with Crippen LogP contribution in [0.3, 0.4) is 0 Å². The van der Waals surface area contributed by atoms with Gasteiger partial charge in [-0.1, -0.05) is 60.1 Å². The molecule has 0 bridgehead atoms. The van der Waals surface area contributed by atoms with Crippen LogP contribution in [0, 0.1) is 0 Å². The van der Waals surface area contributed by atoms with E-state index in [1.165, 1.54) is 12.1 Å². The number of hydrogen-bond acceptors (Lipinski definition) is 4. The van der Waals surface area contributed by atoms with Crippen molar-refractivity contribution in [1.29, 1.82) is 0 Å². The Balaban J connectivity index is 1.74. The highest BCUT2D eigenvalue weighted by atomic mass is 35.5. The van der Waals surface area contributed by atoms with Gasteiger partial charge in [0, 0.05) is 11.6 Å². The van der Waals surface area contributed by atoms with Gasteiger partial charge in [0.2, 0.25) is 15.9 Å². The molecule has 1 saturated heterocycles. The second-order valence-electron chi connectivity index (χ2n) is 7.11. The van der Waals surface area contributed by atoms with Crippen molar-refractivity contribution in [2.24, 2.45) is 0 Å². The first-order valence-electron chi connectivity index (χ1n) is 9.61. The fourth-order valence-corrected chi connectivity index (χ4v) is 5.27. The maximum Gasteiger partial charge on any atom is 0.252 e. The quantitative estimate of drug-likeness (QED) is 0.530. The largest absolute Gasteiger partial charge is 0.274 e. The smallest absolute Gasteiger partial charge is 0.252 e. The van der Waals surface area contributed by atoms with Crippen molar-refractivity contribution in [2.75, 3.05) is 4.90 Å². The Morgan fingerprint density at radius 2 is 1.45 bits per heavy atom. The lowest BCUT2D eigenvalue weighted by Gasteiger charge is -2.27. The van der Waals surface area contributed by atoms with Crippen LogP contribution < -0.4 is 4.90 Å². The van der Waals surface area contributed by atoms with E-state index >= 15 is 0 Å². The molecule has 31 heavy (non-hydrogen) atoms. The number of carbonyl (C=O) groups is 2. The highest BCUT2D eigenvalue weighted by Gasteiger charge is 2.46. The van der Waals surface area contributed by atoms with Gasteiger partial charge in [0.1, 0.15) is 6.04 Å². The number of sulfonamides is 1. The molecule has 0 aromatic heterocycles. The minimum Gasteiger partial charge on any atom is -0.274 e. The zero-order chi connectivity index (χ0) is 22.0. The summed E-state index contributed by atoms with van der Waals surface area (Å²) in [6, 6.07) is 22.0. The Morgan fingerprint density at radius 3 is 2.06 bits per heavy atom. The first-order valence-corrected chi connectivity index (χ1v) is 11.4. The molecule has 1 aliphatic rings. The molecule has 8 heteroatoms. The molecule has 0 N–H and O–H groups in total. The van der Waals surface area contributed by atoms with Crippen LogP contribution in [0.1, 0.15) is 12.0 Å². The molecule has 2 amide bonds. The fourth-order valence-electron chi connectivity index (χ4n) is 3.56. The van der Waals surface area contributed by atoms with Crippen LogP contribution >= 0.6 is 11.6 Å². The molecule has 3 aromatic carbocycles. The van der Waals surface area contributed by atoms with Crippen LogP contribution in [0.15, 0.2) is 89.8 Å². The molecule has 3 aromatic rings. The molecule has 0 saturated carbocycles. The number of hydrogen-bond donors (Lipinski definition) is 0. The van der Waals surface area contributed by atoms with Gasteiger partial charge in [-0.25, -0.2) is 13.3 Å². The van der Waals surface area contributed by atoms with Gasteiger partial charge >= 0.3 is 0 Å². The molecule has 1 heterocycles. The summed E-state index contributed by atoms with van der Waals surface area (Å²) in [4.78, 5) is 27.1. The lowest BCUT2D eigenvalue weighted by atomic mass is 10.2. The molecule has 4 rings (SSSR count). The van der Waals surface area contributed by atoms with Crippen molar-refractivity contribution in [3.63, 3.8) is 0 Å². The molecule has 0 radical (unpaired) electrons. The van der Waals surface area contributed by atoms with Crippen LogP contribution in [-0.2, 0) is 26.2 Å². The summed E-state index contributed by atoms with van der Waals surface area (Å²) in [6.07, 6.45) is -0.236. The van der Waals surface area contributed by atoms with Crippen LogP contribution in [0.25, 0.3) is 0 Å². The molecule has 1 aliphatic heterocycles. The minimum atomic E-state index is -4.04. The zero-order valence-corrected chi connectivity index (χ0v) is 18.0. The van der Waals surface area contributed by atoms with Crippen molar-refractivity contribution in [3.8, 4) is 0 Å². The summed E-state index contributed by atoms with van der Waals surface area (Å²) < 4.78 is 28.1. The Kier molecular flexibility index (Phi) is 5.91. The van der Waals surface area contributed by atoms with Gasteiger partial charge in [-0.3, -0.25) is 9.59 Å². The highest BCUT2D eigenvalue weighted by Crippen LogP contribution is 2.31. The Morgan fingerprint density at radius 1 is 0.871 bits per heavy atom. The average molecular weight is 455 g/mol. The summed E-state index contributed by atoms with van der Waals surface area (Å²) in [5.41, 5.74) is 1.07. The van der Waals surface area contributed by atoms with Gasteiger partial charge in [-0.05, 0) is 42.0 Å². The van der Waals surface area contributed by atoms with E-state index < -0.39 is 27.9 Å².